The van der Waals surface area contributed by atoms with Gasteiger partial charge in [0.25, 0.3) is 0 Å². The van der Waals surface area contributed by atoms with Crippen molar-refractivity contribution in [3.8, 4) is 5.75 Å². The fourth-order valence-corrected chi connectivity index (χ4v) is 2.85. The molecule has 0 bridgehead atoms. The van der Waals surface area contributed by atoms with Crippen LogP contribution in [0.1, 0.15) is 24.2 Å². The van der Waals surface area contributed by atoms with Crippen LogP contribution in [0, 0.1) is 0 Å². The van der Waals surface area contributed by atoms with Crippen LogP contribution < -0.4 is 10.1 Å². The number of esters is 1. The lowest BCUT2D eigenvalue weighted by atomic mass is 9.99. The van der Waals surface area contributed by atoms with E-state index < -0.39 is 36.7 Å². The highest BCUT2D eigenvalue weighted by Gasteiger charge is 2.44. The number of carbonyl (C=O) groups excluding carboxylic acids is 1. The maximum absolute atomic E-state index is 11.9. The van der Waals surface area contributed by atoms with Crippen molar-refractivity contribution < 1.29 is 34.3 Å². The first kappa shape index (κ1) is 21.9. The zero-order chi connectivity index (χ0) is 21.7. The van der Waals surface area contributed by atoms with Gasteiger partial charge in [0.15, 0.2) is 0 Å². The van der Waals surface area contributed by atoms with Crippen molar-refractivity contribution in [2.75, 3.05) is 11.9 Å². The molecular formula is C20H25N3O7. The first-order valence-corrected chi connectivity index (χ1v) is 9.53. The van der Waals surface area contributed by atoms with Crippen LogP contribution in [0.5, 0.6) is 5.75 Å². The molecule has 0 radical (unpaired) electrons. The van der Waals surface area contributed by atoms with Gasteiger partial charge in [0.1, 0.15) is 30.2 Å². The molecule has 162 valence electrons. The molecule has 0 saturated carbocycles. The zero-order valence-corrected chi connectivity index (χ0v) is 16.6. The summed E-state index contributed by atoms with van der Waals surface area (Å²) in [5.41, 5.74) is 0.349. The molecule has 0 aliphatic carbocycles. The summed E-state index contributed by atoms with van der Waals surface area (Å²) in [6.45, 7) is 3.59. The molecule has 3 unspecified atom stereocenters. The lowest BCUT2D eigenvalue weighted by Crippen LogP contribution is -2.60. The fourth-order valence-electron chi connectivity index (χ4n) is 2.85. The Kier molecular flexibility index (Phi) is 7.16. The number of nitrogens with zero attached hydrogens (tertiary/aromatic N) is 2. The van der Waals surface area contributed by atoms with Gasteiger partial charge in [-0.3, -0.25) is 0 Å². The van der Waals surface area contributed by atoms with Gasteiger partial charge in [0.2, 0.25) is 12.2 Å². The molecule has 30 heavy (non-hydrogen) atoms. The van der Waals surface area contributed by atoms with Gasteiger partial charge >= 0.3 is 5.97 Å². The van der Waals surface area contributed by atoms with Crippen molar-refractivity contribution in [3.63, 3.8) is 0 Å². The van der Waals surface area contributed by atoms with Gasteiger partial charge in [-0.1, -0.05) is 0 Å². The van der Waals surface area contributed by atoms with E-state index in [2.05, 4.69) is 15.3 Å². The maximum Gasteiger partial charge on any atom is 0.338 e. The molecule has 1 fully saturated rings. The first-order chi connectivity index (χ1) is 14.3. The third-order valence-electron chi connectivity index (χ3n) is 4.38. The maximum atomic E-state index is 11.9. The van der Waals surface area contributed by atoms with Crippen molar-refractivity contribution >= 4 is 11.9 Å². The smallest absolute Gasteiger partial charge is 0.338 e. The molecular weight excluding hydrogens is 394 g/mol. The summed E-state index contributed by atoms with van der Waals surface area (Å²) in [6.07, 6.45) is -3.56. The number of rotatable bonds is 7. The number of ether oxygens (including phenoxy) is 3. The van der Waals surface area contributed by atoms with E-state index in [-0.39, 0.29) is 12.6 Å². The van der Waals surface area contributed by atoms with E-state index in [1.54, 1.807) is 32.3 Å². The minimum absolute atomic E-state index is 0.0782. The molecule has 1 aliphatic heterocycles. The minimum Gasteiger partial charge on any atom is -0.462 e. The second-order valence-electron chi connectivity index (χ2n) is 7.06. The summed E-state index contributed by atoms with van der Waals surface area (Å²) in [7, 11) is 0. The Bertz CT molecular complexity index is 819. The van der Waals surface area contributed by atoms with Crippen LogP contribution in [0.2, 0.25) is 0 Å². The molecule has 4 N–H and O–H groups in total. The van der Waals surface area contributed by atoms with Crippen molar-refractivity contribution in [1.29, 1.82) is 0 Å². The summed E-state index contributed by atoms with van der Waals surface area (Å²) in [5.74, 6) is 0.176. The van der Waals surface area contributed by atoms with E-state index in [0.717, 1.165) is 0 Å². The van der Waals surface area contributed by atoms with Crippen LogP contribution in [0.25, 0.3) is 0 Å². The summed E-state index contributed by atoms with van der Waals surface area (Å²) in [6, 6.07) is 7.75. The minimum atomic E-state index is -1.48. The predicted octanol–water partition coefficient (Wildman–Crippen LogP) is 0.340. The van der Waals surface area contributed by atoms with E-state index in [4.69, 9.17) is 14.2 Å². The Hall–Kier alpha value is -2.79. The van der Waals surface area contributed by atoms with Crippen LogP contribution in [0.4, 0.5) is 5.95 Å². The fraction of sp³-hybridized carbons (Fsp3) is 0.450. The number of carbonyl (C=O) groups is 1. The van der Waals surface area contributed by atoms with Gasteiger partial charge in [-0.2, -0.15) is 0 Å². The molecule has 3 rings (SSSR count). The molecule has 10 heteroatoms. The number of hydrogen-bond donors (Lipinski definition) is 4. The zero-order valence-electron chi connectivity index (χ0n) is 16.6. The summed E-state index contributed by atoms with van der Waals surface area (Å²) in [4.78, 5) is 19.9. The molecule has 1 aromatic carbocycles. The average Bonchev–Trinajstić information content (AvgIpc) is 2.74. The number of aromatic nitrogens is 2. The van der Waals surface area contributed by atoms with E-state index in [0.29, 0.717) is 17.3 Å². The quantitative estimate of drug-likeness (QED) is 0.464. The van der Waals surface area contributed by atoms with Crippen LogP contribution in [-0.4, -0.2) is 74.6 Å². The number of anilines is 1. The summed E-state index contributed by atoms with van der Waals surface area (Å²) in [5, 5.41) is 33.5. The summed E-state index contributed by atoms with van der Waals surface area (Å²) < 4.78 is 16.4. The van der Waals surface area contributed by atoms with E-state index in [1.165, 1.54) is 24.3 Å². The predicted molar refractivity (Wildman–Crippen MR) is 105 cm³/mol. The van der Waals surface area contributed by atoms with Crippen molar-refractivity contribution in [1.82, 2.24) is 9.97 Å². The van der Waals surface area contributed by atoms with Crippen molar-refractivity contribution in [3.05, 3.63) is 48.3 Å². The highest BCUT2D eigenvalue weighted by atomic mass is 16.7. The Labute approximate surface area is 173 Å². The van der Waals surface area contributed by atoms with Crippen molar-refractivity contribution in [2.24, 2.45) is 0 Å². The van der Waals surface area contributed by atoms with Gasteiger partial charge in [-0.05, 0) is 44.2 Å². The molecule has 5 atom stereocenters. The largest absolute Gasteiger partial charge is 0.462 e. The number of nitrogens with one attached hydrogen (secondary N) is 1. The average molecular weight is 419 g/mol. The molecule has 0 spiro atoms. The van der Waals surface area contributed by atoms with E-state index in [9.17, 15) is 20.1 Å². The molecule has 1 aliphatic rings. The van der Waals surface area contributed by atoms with E-state index >= 15 is 0 Å². The lowest BCUT2D eigenvalue weighted by molar-refractivity contribution is -0.269. The Morgan fingerprint density at radius 1 is 1.10 bits per heavy atom. The summed E-state index contributed by atoms with van der Waals surface area (Å²) >= 11 is 0. The molecule has 1 saturated heterocycles. The van der Waals surface area contributed by atoms with Crippen LogP contribution in [-0.2, 0) is 9.47 Å². The highest BCUT2D eigenvalue weighted by Crippen LogP contribution is 2.25. The first-order valence-electron chi connectivity index (χ1n) is 9.53. The second-order valence-corrected chi connectivity index (χ2v) is 7.06. The lowest BCUT2D eigenvalue weighted by Gasteiger charge is -2.40. The topological polar surface area (TPSA) is 143 Å². The highest BCUT2D eigenvalue weighted by molar-refractivity contribution is 5.89. The Morgan fingerprint density at radius 3 is 2.40 bits per heavy atom. The molecule has 0 amide bonds. The number of hydrogen-bond acceptors (Lipinski definition) is 10. The SMILES string of the molecule is CC(C)OC(=O)c1ccc(O[C@H]2OC(CNc3ncccn3)[C@@H](O)C(O)C2O)cc1. The molecule has 2 heterocycles. The number of aliphatic hydroxyl groups excluding tert-OH is 3. The molecule has 2 aromatic rings. The normalized spacial score (nSPS) is 26.3. The Balaban J connectivity index is 1.63. The molecule has 10 nitrogen and oxygen atoms in total. The van der Waals surface area contributed by atoms with Crippen molar-refractivity contribution in [2.45, 2.75) is 50.7 Å². The van der Waals surface area contributed by atoms with Gasteiger partial charge in [0, 0.05) is 18.9 Å². The van der Waals surface area contributed by atoms with E-state index in [1.807, 2.05) is 0 Å². The second kappa shape index (κ2) is 9.81. The number of aliphatic hydroxyl groups is 3. The number of benzene rings is 1. The Morgan fingerprint density at radius 2 is 1.77 bits per heavy atom. The molecule has 1 aromatic heterocycles. The van der Waals surface area contributed by atoms with Crippen LogP contribution in [0.3, 0.4) is 0 Å². The van der Waals surface area contributed by atoms with Gasteiger partial charge < -0.3 is 34.8 Å². The third-order valence-corrected chi connectivity index (χ3v) is 4.38. The van der Waals surface area contributed by atoms with Gasteiger partial charge in [-0.15, -0.1) is 0 Å². The van der Waals surface area contributed by atoms with Crippen LogP contribution >= 0.6 is 0 Å². The monoisotopic (exact) mass is 419 g/mol. The van der Waals surface area contributed by atoms with Crippen LogP contribution in [0.15, 0.2) is 42.7 Å². The van der Waals surface area contributed by atoms with Gasteiger partial charge in [-0.25, -0.2) is 14.8 Å². The van der Waals surface area contributed by atoms with Gasteiger partial charge in [0.05, 0.1) is 11.7 Å². The third kappa shape index (κ3) is 5.42. The standard InChI is InChI=1S/C20H25N3O7/c1-11(2)28-18(27)12-4-6-13(7-5-12)29-19-17(26)16(25)15(24)14(30-19)10-23-20-21-8-3-9-22-20/h3-9,11,14-17,19,24-26H,10H2,1-2H3,(H,21,22,23)/t14?,15-,16?,17?,19+/m1/s1.